The summed E-state index contributed by atoms with van der Waals surface area (Å²) in [6.07, 6.45) is 6.47. The van der Waals surface area contributed by atoms with Gasteiger partial charge in [-0.2, -0.15) is 0 Å². The van der Waals surface area contributed by atoms with Crippen LogP contribution in [0.5, 0.6) is 0 Å². The summed E-state index contributed by atoms with van der Waals surface area (Å²) in [6.45, 7) is 4.34. The van der Waals surface area contributed by atoms with Gasteiger partial charge in [-0.05, 0) is 34.9 Å². The Labute approximate surface area is 164 Å². The molecule has 0 saturated heterocycles. The highest BCUT2D eigenvalue weighted by molar-refractivity contribution is 7.99. The molecule has 142 valence electrons. The van der Waals surface area contributed by atoms with Crippen molar-refractivity contribution in [2.45, 2.75) is 56.1 Å². The van der Waals surface area contributed by atoms with Crippen molar-refractivity contribution in [1.29, 1.82) is 0 Å². The van der Waals surface area contributed by atoms with Gasteiger partial charge >= 0.3 is 0 Å². The van der Waals surface area contributed by atoms with Crippen LogP contribution in [0.1, 0.15) is 51.1 Å². The van der Waals surface area contributed by atoms with Crippen LogP contribution in [0.4, 0.5) is 5.69 Å². The number of nitrogens with zero attached hydrogens (tertiary/aromatic N) is 5. The van der Waals surface area contributed by atoms with Crippen molar-refractivity contribution >= 4 is 23.2 Å². The van der Waals surface area contributed by atoms with Crippen LogP contribution >= 0.6 is 11.8 Å². The SMILES string of the molecule is CN1C(=CC(=O)CSc2nnnn2C2CCCC2)C(C)(C)c2ccccc21. The number of hydrogen-bond acceptors (Lipinski definition) is 6. The summed E-state index contributed by atoms with van der Waals surface area (Å²) in [5.74, 6) is 0.431. The predicted octanol–water partition coefficient (Wildman–Crippen LogP) is 3.76. The minimum Gasteiger partial charge on any atom is -0.347 e. The molecule has 0 radical (unpaired) electrons. The molecule has 1 aliphatic carbocycles. The van der Waals surface area contributed by atoms with Crippen LogP contribution in [0.3, 0.4) is 0 Å². The molecule has 1 aromatic carbocycles. The lowest BCUT2D eigenvalue weighted by Crippen LogP contribution is -2.24. The molecular formula is C20H25N5OS. The molecule has 0 N–H and O–H groups in total. The van der Waals surface area contributed by atoms with Crippen LogP contribution < -0.4 is 4.90 Å². The number of carbonyl (C=O) groups excluding carboxylic acids is 1. The molecule has 0 amide bonds. The van der Waals surface area contributed by atoms with Gasteiger partial charge in [-0.15, -0.1) is 5.10 Å². The van der Waals surface area contributed by atoms with E-state index in [1.165, 1.54) is 35.9 Å². The molecule has 7 heteroatoms. The number of allylic oxidation sites excluding steroid dienone is 2. The van der Waals surface area contributed by atoms with Crippen LogP contribution in [0.15, 0.2) is 41.2 Å². The highest BCUT2D eigenvalue weighted by Gasteiger charge is 2.38. The van der Waals surface area contributed by atoms with E-state index >= 15 is 0 Å². The Bertz CT molecular complexity index is 882. The minimum absolute atomic E-state index is 0.0868. The fourth-order valence-corrected chi connectivity index (χ4v) is 5.01. The summed E-state index contributed by atoms with van der Waals surface area (Å²) < 4.78 is 1.90. The number of hydrogen-bond donors (Lipinski definition) is 0. The molecule has 0 atom stereocenters. The van der Waals surface area contributed by atoms with E-state index in [1.807, 2.05) is 17.8 Å². The highest BCUT2D eigenvalue weighted by Crippen LogP contribution is 2.46. The molecule has 1 saturated carbocycles. The number of likely N-dealkylation sites (N-methyl/N-ethyl adjacent to an activating group) is 1. The van der Waals surface area contributed by atoms with Gasteiger partial charge < -0.3 is 4.90 Å². The Morgan fingerprint density at radius 1 is 1.30 bits per heavy atom. The van der Waals surface area contributed by atoms with Gasteiger partial charge in [0.15, 0.2) is 5.78 Å². The highest BCUT2D eigenvalue weighted by atomic mass is 32.2. The van der Waals surface area contributed by atoms with E-state index in [-0.39, 0.29) is 11.2 Å². The summed E-state index contributed by atoms with van der Waals surface area (Å²) in [5, 5.41) is 12.8. The Hall–Kier alpha value is -2.15. The van der Waals surface area contributed by atoms with E-state index in [4.69, 9.17) is 0 Å². The van der Waals surface area contributed by atoms with Gasteiger partial charge in [0, 0.05) is 29.9 Å². The first kappa shape index (κ1) is 18.2. The first-order valence-corrected chi connectivity index (χ1v) is 10.5. The number of tetrazole rings is 1. The first-order valence-electron chi connectivity index (χ1n) is 9.47. The largest absolute Gasteiger partial charge is 0.347 e. The summed E-state index contributed by atoms with van der Waals surface area (Å²) in [6, 6.07) is 8.71. The quantitative estimate of drug-likeness (QED) is 0.579. The lowest BCUT2D eigenvalue weighted by atomic mass is 9.83. The first-order chi connectivity index (χ1) is 13.0. The van der Waals surface area contributed by atoms with Gasteiger partial charge in [0.05, 0.1) is 11.8 Å². The molecule has 2 aliphatic rings. The van der Waals surface area contributed by atoms with E-state index in [0.717, 1.165) is 23.7 Å². The average molecular weight is 384 g/mol. The monoisotopic (exact) mass is 383 g/mol. The van der Waals surface area contributed by atoms with E-state index in [9.17, 15) is 4.79 Å². The van der Waals surface area contributed by atoms with E-state index in [2.05, 4.69) is 52.5 Å². The van der Waals surface area contributed by atoms with Crippen molar-refractivity contribution in [1.82, 2.24) is 20.2 Å². The number of anilines is 1. The fraction of sp³-hybridized carbons (Fsp3) is 0.500. The number of thioether (sulfide) groups is 1. The van der Waals surface area contributed by atoms with Gasteiger partial charge in [-0.1, -0.05) is 56.7 Å². The van der Waals surface area contributed by atoms with Crippen molar-refractivity contribution in [2.24, 2.45) is 0 Å². The van der Waals surface area contributed by atoms with Crippen LogP contribution in [0.25, 0.3) is 0 Å². The molecule has 2 heterocycles. The average Bonchev–Trinajstić information content (AvgIpc) is 3.37. The van der Waals surface area contributed by atoms with Crippen molar-refractivity contribution in [3.8, 4) is 0 Å². The maximum absolute atomic E-state index is 12.7. The third-order valence-electron chi connectivity index (χ3n) is 5.71. The van der Waals surface area contributed by atoms with Gasteiger partial charge in [0.1, 0.15) is 0 Å². The lowest BCUT2D eigenvalue weighted by molar-refractivity contribution is -0.112. The number of carbonyl (C=O) groups is 1. The predicted molar refractivity (Wildman–Crippen MR) is 107 cm³/mol. The van der Waals surface area contributed by atoms with Crippen molar-refractivity contribution in [2.75, 3.05) is 17.7 Å². The maximum Gasteiger partial charge on any atom is 0.210 e. The van der Waals surface area contributed by atoms with Crippen LogP contribution in [0, 0.1) is 0 Å². The Kier molecular flexibility index (Phi) is 4.80. The molecule has 1 aromatic heterocycles. The van der Waals surface area contributed by atoms with Crippen molar-refractivity contribution in [3.05, 3.63) is 41.6 Å². The number of aromatic nitrogens is 4. The third kappa shape index (κ3) is 3.29. The summed E-state index contributed by atoms with van der Waals surface area (Å²) in [4.78, 5) is 14.8. The third-order valence-corrected chi connectivity index (χ3v) is 6.67. The summed E-state index contributed by atoms with van der Waals surface area (Å²) >= 11 is 1.43. The zero-order valence-corrected chi connectivity index (χ0v) is 16.9. The molecule has 0 bridgehead atoms. The molecule has 2 aromatic rings. The second-order valence-electron chi connectivity index (χ2n) is 7.83. The molecule has 4 rings (SSSR count). The number of rotatable bonds is 5. The Balaban J connectivity index is 1.48. The van der Waals surface area contributed by atoms with Gasteiger partial charge in [0.2, 0.25) is 5.16 Å². The summed E-state index contributed by atoms with van der Waals surface area (Å²) in [7, 11) is 2.03. The number of ketones is 1. The normalized spacial score (nSPS) is 20.4. The van der Waals surface area contributed by atoms with Crippen LogP contribution in [-0.4, -0.2) is 38.8 Å². The molecule has 6 nitrogen and oxygen atoms in total. The molecule has 1 aliphatic heterocycles. The van der Waals surface area contributed by atoms with Crippen LogP contribution in [0.2, 0.25) is 0 Å². The maximum atomic E-state index is 12.7. The van der Waals surface area contributed by atoms with E-state index < -0.39 is 0 Å². The molecule has 27 heavy (non-hydrogen) atoms. The van der Waals surface area contributed by atoms with Crippen LogP contribution in [-0.2, 0) is 10.2 Å². The smallest absolute Gasteiger partial charge is 0.210 e. The molecule has 1 fully saturated rings. The van der Waals surface area contributed by atoms with E-state index in [1.54, 1.807) is 6.08 Å². The van der Waals surface area contributed by atoms with Gasteiger partial charge in [0.25, 0.3) is 0 Å². The number of benzene rings is 1. The van der Waals surface area contributed by atoms with Crippen molar-refractivity contribution in [3.63, 3.8) is 0 Å². The second kappa shape index (κ2) is 7.11. The topological polar surface area (TPSA) is 63.9 Å². The number of fused-ring (bicyclic) bond motifs is 1. The zero-order chi connectivity index (χ0) is 19.0. The Morgan fingerprint density at radius 3 is 2.78 bits per heavy atom. The molecule has 0 spiro atoms. The van der Waals surface area contributed by atoms with Crippen molar-refractivity contribution < 1.29 is 4.79 Å². The minimum atomic E-state index is -0.183. The molecular weight excluding hydrogens is 358 g/mol. The summed E-state index contributed by atoms with van der Waals surface area (Å²) in [5.41, 5.74) is 3.27. The van der Waals surface area contributed by atoms with Gasteiger partial charge in [-0.25, -0.2) is 4.68 Å². The standard InChI is InChI=1S/C20H25N5OS/c1-20(2)16-10-6-7-11-17(16)24(3)18(20)12-15(26)13-27-19-21-22-23-25(19)14-8-4-5-9-14/h6-7,10-12,14H,4-5,8-9,13H2,1-3H3. The Morgan fingerprint density at radius 2 is 2.04 bits per heavy atom. The lowest BCUT2D eigenvalue weighted by Gasteiger charge is -2.23. The van der Waals surface area contributed by atoms with E-state index in [0.29, 0.717) is 11.8 Å². The van der Waals surface area contributed by atoms with Gasteiger partial charge in [-0.3, -0.25) is 4.79 Å². The number of para-hydroxylation sites is 1. The fourth-order valence-electron chi connectivity index (χ4n) is 4.25. The zero-order valence-electron chi connectivity index (χ0n) is 16.1. The molecule has 0 unspecified atom stereocenters. The second-order valence-corrected chi connectivity index (χ2v) is 8.77.